The molecular weight excluding hydrogens is 450 g/mol. The Morgan fingerprint density at radius 3 is 2.23 bits per heavy atom. The van der Waals surface area contributed by atoms with E-state index in [-0.39, 0.29) is 0 Å². The third-order valence-electron chi connectivity index (χ3n) is 7.63. The standard InChI is InChI=1S/C29H29N5S/c1-2-5-18(4-1)28-31-16-24(33-28)21-9-7-20-15-22(10-8-19(20)14-21)26-11-12-27(35-26)25-17-32-29(34-25)23-6-3-13-30-23/h7-12,14-18,23,30H,1-6,13H2,(H,31,33)(H,32,34). The van der Waals surface area contributed by atoms with Crippen molar-refractivity contribution in [3.8, 4) is 32.3 Å². The molecule has 5 nitrogen and oxygen atoms in total. The van der Waals surface area contributed by atoms with Crippen molar-refractivity contribution in [1.82, 2.24) is 25.3 Å². The molecule has 0 bridgehead atoms. The average Bonchev–Trinajstić information content (AvgIpc) is 3.71. The zero-order valence-electron chi connectivity index (χ0n) is 19.7. The zero-order chi connectivity index (χ0) is 23.2. The number of nitrogens with one attached hydrogen (secondary N) is 3. The molecule has 0 radical (unpaired) electrons. The van der Waals surface area contributed by atoms with E-state index < -0.39 is 0 Å². The van der Waals surface area contributed by atoms with E-state index in [1.54, 1.807) is 0 Å². The summed E-state index contributed by atoms with van der Waals surface area (Å²) in [5.41, 5.74) is 4.68. The highest BCUT2D eigenvalue weighted by molar-refractivity contribution is 7.18. The molecule has 2 aromatic carbocycles. The maximum Gasteiger partial charge on any atom is 0.123 e. The first-order valence-electron chi connectivity index (χ1n) is 12.8. The number of rotatable bonds is 5. The van der Waals surface area contributed by atoms with Crippen LogP contribution in [0.2, 0.25) is 0 Å². The van der Waals surface area contributed by atoms with Crippen LogP contribution in [0.25, 0.3) is 43.0 Å². The second kappa shape index (κ2) is 8.77. The minimum atomic E-state index is 0.365. The molecule has 5 aromatic rings. The van der Waals surface area contributed by atoms with Gasteiger partial charge in [0.25, 0.3) is 0 Å². The summed E-state index contributed by atoms with van der Waals surface area (Å²) in [7, 11) is 0. The van der Waals surface area contributed by atoms with Crippen molar-refractivity contribution in [3.63, 3.8) is 0 Å². The summed E-state index contributed by atoms with van der Waals surface area (Å²) in [6, 6.07) is 18.3. The normalized spacial score (nSPS) is 18.7. The number of benzene rings is 2. The Balaban J connectivity index is 1.13. The highest BCUT2D eigenvalue weighted by Crippen LogP contribution is 2.37. The van der Waals surface area contributed by atoms with E-state index in [1.807, 2.05) is 23.7 Å². The summed E-state index contributed by atoms with van der Waals surface area (Å²) >= 11 is 1.81. The van der Waals surface area contributed by atoms with Crippen LogP contribution >= 0.6 is 11.3 Å². The number of fused-ring (bicyclic) bond motifs is 1. The van der Waals surface area contributed by atoms with Crippen molar-refractivity contribution >= 4 is 22.1 Å². The molecule has 1 saturated heterocycles. The van der Waals surface area contributed by atoms with Gasteiger partial charge in [0, 0.05) is 16.4 Å². The summed E-state index contributed by atoms with van der Waals surface area (Å²) in [6.45, 7) is 1.08. The first kappa shape index (κ1) is 21.1. The van der Waals surface area contributed by atoms with E-state index in [0.717, 1.165) is 36.0 Å². The minimum absolute atomic E-state index is 0.365. The Labute approximate surface area is 209 Å². The van der Waals surface area contributed by atoms with Gasteiger partial charge in [0.05, 0.1) is 34.7 Å². The van der Waals surface area contributed by atoms with Gasteiger partial charge in [-0.05, 0) is 72.8 Å². The van der Waals surface area contributed by atoms with Crippen LogP contribution in [0.5, 0.6) is 0 Å². The quantitative estimate of drug-likeness (QED) is 0.245. The van der Waals surface area contributed by atoms with Crippen LogP contribution in [0.1, 0.15) is 62.1 Å². The largest absolute Gasteiger partial charge is 0.342 e. The number of hydrogen-bond acceptors (Lipinski definition) is 4. The molecule has 3 aromatic heterocycles. The number of aromatic nitrogens is 4. The molecule has 35 heavy (non-hydrogen) atoms. The molecular formula is C29H29N5S. The van der Waals surface area contributed by atoms with Gasteiger partial charge < -0.3 is 15.3 Å². The van der Waals surface area contributed by atoms with Crippen molar-refractivity contribution < 1.29 is 0 Å². The third kappa shape index (κ3) is 4.01. The molecule has 6 heteroatoms. The van der Waals surface area contributed by atoms with Gasteiger partial charge in [-0.1, -0.05) is 37.1 Å². The fourth-order valence-electron chi connectivity index (χ4n) is 5.65. The predicted molar refractivity (Wildman–Crippen MR) is 144 cm³/mol. The summed E-state index contributed by atoms with van der Waals surface area (Å²) in [5.74, 6) is 2.82. The van der Waals surface area contributed by atoms with E-state index in [0.29, 0.717) is 12.0 Å². The Kier molecular flexibility index (Phi) is 5.29. The lowest BCUT2D eigenvalue weighted by atomic mass is 10.0. The van der Waals surface area contributed by atoms with Gasteiger partial charge in [-0.2, -0.15) is 0 Å². The van der Waals surface area contributed by atoms with Gasteiger partial charge in [0.2, 0.25) is 0 Å². The van der Waals surface area contributed by atoms with E-state index in [1.165, 1.54) is 63.8 Å². The Hall–Kier alpha value is -3.22. The summed E-state index contributed by atoms with van der Waals surface area (Å²) in [4.78, 5) is 19.0. The fourth-order valence-corrected chi connectivity index (χ4v) is 6.62. The summed E-state index contributed by atoms with van der Waals surface area (Å²) in [5, 5.41) is 6.03. The number of aromatic amines is 2. The van der Waals surface area contributed by atoms with Gasteiger partial charge in [-0.3, -0.25) is 0 Å². The number of imidazole rings is 2. The van der Waals surface area contributed by atoms with Crippen LogP contribution in [0.3, 0.4) is 0 Å². The van der Waals surface area contributed by atoms with E-state index in [2.05, 4.69) is 68.8 Å². The van der Waals surface area contributed by atoms with Crippen molar-refractivity contribution in [2.24, 2.45) is 0 Å². The zero-order valence-corrected chi connectivity index (χ0v) is 20.5. The van der Waals surface area contributed by atoms with E-state index in [9.17, 15) is 0 Å². The molecule has 2 aliphatic rings. The second-order valence-corrected chi connectivity index (χ2v) is 11.0. The smallest absolute Gasteiger partial charge is 0.123 e. The Morgan fingerprint density at radius 2 is 1.40 bits per heavy atom. The Morgan fingerprint density at radius 1 is 0.686 bits per heavy atom. The molecule has 2 fully saturated rings. The van der Waals surface area contributed by atoms with Crippen LogP contribution < -0.4 is 5.32 Å². The second-order valence-electron chi connectivity index (χ2n) is 9.94. The van der Waals surface area contributed by atoms with Crippen LogP contribution in [-0.4, -0.2) is 26.5 Å². The fraction of sp³-hybridized carbons (Fsp3) is 0.310. The number of nitrogens with zero attached hydrogens (tertiary/aromatic N) is 2. The van der Waals surface area contributed by atoms with Crippen molar-refractivity contribution in [2.45, 2.75) is 50.5 Å². The first-order valence-corrected chi connectivity index (χ1v) is 13.6. The van der Waals surface area contributed by atoms with Gasteiger partial charge in [0.1, 0.15) is 11.6 Å². The van der Waals surface area contributed by atoms with Gasteiger partial charge in [0.15, 0.2) is 0 Å². The lowest BCUT2D eigenvalue weighted by molar-refractivity contribution is 0.613. The number of hydrogen-bond donors (Lipinski definition) is 3. The molecule has 7 rings (SSSR count). The van der Waals surface area contributed by atoms with Crippen LogP contribution in [-0.2, 0) is 0 Å². The lowest BCUT2D eigenvalue weighted by Gasteiger charge is -2.06. The van der Waals surface area contributed by atoms with Gasteiger partial charge in [-0.15, -0.1) is 11.3 Å². The number of H-pyrrole nitrogens is 2. The van der Waals surface area contributed by atoms with Crippen molar-refractivity contribution in [2.75, 3.05) is 6.54 Å². The summed E-state index contributed by atoms with van der Waals surface area (Å²) in [6.07, 6.45) is 11.5. The summed E-state index contributed by atoms with van der Waals surface area (Å²) < 4.78 is 0. The molecule has 0 spiro atoms. The minimum Gasteiger partial charge on any atom is -0.342 e. The maximum atomic E-state index is 4.69. The maximum absolute atomic E-state index is 4.69. The highest BCUT2D eigenvalue weighted by Gasteiger charge is 2.21. The molecule has 0 amide bonds. The lowest BCUT2D eigenvalue weighted by Crippen LogP contribution is -2.14. The third-order valence-corrected chi connectivity index (χ3v) is 8.80. The van der Waals surface area contributed by atoms with E-state index in [4.69, 9.17) is 4.98 Å². The number of thiophene rings is 1. The topological polar surface area (TPSA) is 69.4 Å². The van der Waals surface area contributed by atoms with Gasteiger partial charge >= 0.3 is 0 Å². The molecule has 1 unspecified atom stereocenters. The molecule has 4 heterocycles. The molecule has 1 atom stereocenters. The van der Waals surface area contributed by atoms with Crippen LogP contribution in [0.4, 0.5) is 0 Å². The SMILES string of the molecule is c1cc2cc(-c3ccc(-c4cnc(C5CCCN5)[nH]4)s3)ccc2cc1-c1cnc(C2CCCC2)[nH]1. The predicted octanol–water partition coefficient (Wildman–Crippen LogP) is 7.43. The first-order chi connectivity index (χ1) is 17.3. The monoisotopic (exact) mass is 479 g/mol. The molecule has 1 saturated carbocycles. The van der Waals surface area contributed by atoms with Gasteiger partial charge in [-0.25, -0.2) is 9.97 Å². The van der Waals surface area contributed by atoms with E-state index >= 15 is 0 Å². The molecule has 176 valence electrons. The van der Waals surface area contributed by atoms with Crippen molar-refractivity contribution in [3.05, 3.63) is 72.6 Å². The molecule has 3 N–H and O–H groups in total. The van der Waals surface area contributed by atoms with Crippen LogP contribution in [0.15, 0.2) is 60.9 Å². The van der Waals surface area contributed by atoms with Crippen LogP contribution in [0, 0.1) is 0 Å². The molecule has 1 aliphatic heterocycles. The highest BCUT2D eigenvalue weighted by atomic mass is 32.1. The average molecular weight is 480 g/mol. The Bertz CT molecular complexity index is 1480. The van der Waals surface area contributed by atoms with Crippen molar-refractivity contribution in [1.29, 1.82) is 0 Å². The molecule has 1 aliphatic carbocycles.